The van der Waals surface area contributed by atoms with Crippen LogP contribution in [0.15, 0.2) is 24.3 Å². The molecule has 1 aromatic carbocycles. The van der Waals surface area contributed by atoms with Crippen molar-refractivity contribution in [3.8, 4) is 6.07 Å². The standard InChI is InChI=1S/C15H16ClN3O2/c16-12-3-1-11(2-4-12)15(21)19-9-6-13(7-10-19)18-14(20)5-8-17/h1-4,13H,5-7,9-10H2,(H,18,20). The van der Waals surface area contributed by atoms with Gasteiger partial charge in [0.1, 0.15) is 6.42 Å². The Labute approximate surface area is 128 Å². The SMILES string of the molecule is N#CCC(=O)NC1CCN(C(=O)c2ccc(Cl)cc2)CC1. The monoisotopic (exact) mass is 305 g/mol. The summed E-state index contributed by atoms with van der Waals surface area (Å²) in [4.78, 5) is 25.4. The number of hydrogen-bond donors (Lipinski definition) is 1. The van der Waals surface area contributed by atoms with Crippen LogP contribution in [0.25, 0.3) is 0 Å². The van der Waals surface area contributed by atoms with Crippen LogP contribution in [0.1, 0.15) is 29.6 Å². The van der Waals surface area contributed by atoms with E-state index >= 15 is 0 Å². The third kappa shape index (κ3) is 4.20. The number of amides is 2. The Morgan fingerprint density at radius 3 is 2.48 bits per heavy atom. The van der Waals surface area contributed by atoms with E-state index in [2.05, 4.69) is 5.32 Å². The van der Waals surface area contributed by atoms with Gasteiger partial charge >= 0.3 is 0 Å². The van der Waals surface area contributed by atoms with E-state index in [0.717, 1.165) is 0 Å². The number of halogens is 1. The van der Waals surface area contributed by atoms with Crippen LogP contribution in [0, 0.1) is 11.3 Å². The molecule has 0 radical (unpaired) electrons. The predicted molar refractivity (Wildman–Crippen MR) is 78.8 cm³/mol. The third-order valence-corrected chi connectivity index (χ3v) is 3.73. The van der Waals surface area contributed by atoms with E-state index in [9.17, 15) is 9.59 Å². The number of nitriles is 1. The molecule has 1 N–H and O–H groups in total. The van der Waals surface area contributed by atoms with Gasteiger partial charge in [-0.3, -0.25) is 9.59 Å². The zero-order valence-corrected chi connectivity index (χ0v) is 12.3. The van der Waals surface area contributed by atoms with E-state index in [0.29, 0.717) is 36.5 Å². The first kappa shape index (κ1) is 15.3. The first-order valence-corrected chi connectivity index (χ1v) is 7.19. The van der Waals surface area contributed by atoms with Crippen LogP contribution in [-0.2, 0) is 4.79 Å². The Kier molecular flexibility index (Phi) is 5.18. The summed E-state index contributed by atoms with van der Waals surface area (Å²) in [6.45, 7) is 1.19. The van der Waals surface area contributed by atoms with Gasteiger partial charge in [0.05, 0.1) is 6.07 Å². The maximum absolute atomic E-state index is 12.3. The molecule has 6 heteroatoms. The lowest BCUT2D eigenvalue weighted by atomic mass is 10.0. The molecule has 1 aliphatic rings. The molecule has 1 saturated heterocycles. The number of likely N-dealkylation sites (tertiary alicyclic amines) is 1. The molecule has 0 aromatic heterocycles. The normalized spacial score (nSPS) is 15.3. The second-order valence-electron chi connectivity index (χ2n) is 4.98. The molecular formula is C15H16ClN3O2. The van der Waals surface area contributed by atoms with Crippen molar-refractivity contribution in [2.45, 2.75) is 25.3 Å². The van der Waals surface area contributed by atoms with Gasteiger partial charge < -0.3 is 10.2 Å². The van der Waals surface area contributed by atoms with Crippen LogP contribution >= 0.6 is 11.6 Å². The van der Waals surface area contributed by atoms with Crippen molar-refractivity contribution in [2.24, 2.45) is 0 Å². The zero-order valence-electron chi connectivity index (χ0n) is 11.5. The summed E-state index contributed by atoms with van der Waals surface area (Å²) in [7, 11) is 0. The van der Waals surface area contributed by atoms with Crippen LogP contribution in [-0.4, -0.2) is 35.8 Å². The Morgan fingerprint density at radius 2 is 1.90 bits per heavy atom. The average Bonchev–Trinajstić information content (AvgIpc) is 2.48. The number of benzene rings is 1. The molecule has 0 bridgehead atoms. The molecule has 0 spiro atoms. The Morgan fingerprint density at radius 1 is 1.29 bits per heavy atom. The summed E-state index contributed by atoms with van der Waals surface area (Å²) in [5.74, 6) is -0.270. The van der Waals surface area contributed by atoms with Gasteiger partial charge in [-0.05, 0) is 37.1 Å². The molecule has 5 nitrogen and oxygen atoms in total. The molecule has 1 heterocycles. The molecule has 1 aliphatic heterocycles. The number of nitrogens with one attached hydrogen (secondary N) is 1. The smallest absolute Gasteiger partial charge is 0.253 e. The minimum atomic E-state index is -0.250. The number of nitrogens with zero attached hydrogens (tertiary/aromatic N) is 2. The summed E-state index contributed by atoms with van der Waals surface area (Å²) < 4.78 is 0. The lowest BCUT2D eigenvalue weighted by Gasteiger charge is -2.32. The Bertz CT molecular complexity index is 557. The Balaban J connectivity index is 1.86. The molecule has 0 aliphatic carbocycles. The van der Waals surface area contributed by atoms with Crippen molar-refractivity contribution in [2.75, 3.05) is 13.1 Å². The highest BCUT2D eigenvalue weighted by molar-refractivity contribution is 6.30. The van der Waals surface area contributed by atoms with E-state index in [1.807, 2.05) is 6.07 Å². The van der Waals surface area contributed by atoms with Crippen molar-refractivity contribution < 1.29 is 9.59 Å². The molecule has 1 aromatic rings. The molecule has 1 fully saturated rings. The fourth-order valence-electron chi connectivity index (χ4n) is 2.35. The molecular weight excluding hydrogens is 290 g/mol. The maximum Gasteiger partial charge on any atom is 0.253 e. The van der Waals surface area contributed by atoms with Gasteiger partial charge in [0.2, 0.25) is 5.91 Å². The van der Waals surface area contributed by atoms with Crippen molar-refractivity contribution in [3.63, 3.8) is 0 Å². The van der Waals surface area contributed by atoms with E-state index in [1.54, 1.807) is 29.2 Å². The van der Waals surface area contributed by atoms with Crippen molar-refractivity contribution in [3.05, 3.63) is 34.9 Å². The fraction of sp³-hybridized carbons (Fsp3) is 0.400. The van der Waals surface area contributed by atoms with Gasteiger partial charge in [-0.2, -0.15) is 5.26 Å². The summed E-state index contributed by atoms with van der Waals surface area (Å²) in [5, 5.41) is 11.9. The highest BCUT2D eigenvalue weighted by Crippen LogP contribution is 2.16. The van der Waals surface area contributed by atoms with Gasteiger partial charge in [-0.15, -0.1) is 0 Å². The van der Waals surface area contributed by atoms with E-state index in [-0.39, 0.29) is 24.3 Å². The lowest BCUT2D eigenvalue weighted by Crippen LogP contribution is -2.46. The Hall–Kier alpha value is -2.06. The van der Waals surface area contributed by atoms with E-state index in [4.69, 9.17) is 16.9 Å². The topological polar surface area (TPSA) is 73.2 Å². The maximum atomic E-state index is 12.3. The van der Waals surface area contributed by atoms with Crippen LogP contribution in [0.4, 0.5) is 0 Å². The summed E-state index contributed by atoms with van der Waals surface area (Å²) in [6.07, 6.45) is 1.29. The first-order chi connectivity index (χ1) is 10.1. The molecule has 21 heavy (non-hydrogen) atoms. The number of carbonyl (C=O) groups excluding carboxylic acids is 2. The van der Waals surface area contributed by atoms with Gasteiger partial charge in [-0.25, -0.2) is 0 Å². The van der Waals surface area contributed by atoms with Crippen molar-refractivity contribution in [1.29, 1.82) is 5.26 Å². The molecule has 2 rings (SSSR count). The van der Waals surface area contributed by atoms with Crippen molar-refractivity contribution in [1.82, 2.24) is 10.2 Å². The number of carbonyl (C=O) groups is 2. The molecule has 2 amide bonds. The number of hydrogen-bond acceptors (Lipinski definition) is 3. The van der Waals surface area contributed by atoms with Crippen LogP contribution in [0.3, 0.4) is 0 Å². The molecule has 0 atom stereocenters. The van der Waals surface area contributed by atoms with Crippen LogP contribution < -0.4 is 5.32 Å². The summed E-state index contributed by atoms with van der Waals surface area (Å²) in [6, 6.07) is 8.69. The predicted octanol–water partition coefficient (Wildman–Crippen LogP) is 1.97. The van der Waals surface area contributed by atoms with E-state index < -0.39 is 0 Å². The lowest BCUT2D eigenvalue weighted by molar-refractivity contribution is -0.121. The second-order valence-corrected chi connectivity index (χ2v) is 5.41. The highest BCUT2D eigenvalue weighted by Gasteiger charge is 2.24. The molecule has 110 valence electrons. The molecule has 0 unspecified atom stereocenters. The first-order valence-electron chi connectivity index (χ1n) is 6.81. The quantitative estimate of drug-likeness (QED) is 0.928. The summed E-state index contributed by atoms with van der Waals surface area (Å²) in [5.41, 5.74) is 0.617. The van der Waals surface area contributed by atoms with Crippen LogP contribution in [0.2, 0.25) is 5.02 Å². The zero-order chi connectivity index (χ0) is 15.2. The van der Waals surface area contributed by atoms with Gasteiger partial charge in [0.25, 0.3) is 5.91 Å². The fourth-order valence-corrected chi connectivity index (χ4v) is 2.48. The highest BCUT2D eigenvalue weighted by atomic mass is 35.5. The van der Waals surface area contributed by atoms with E-state index in [1.165, 1.54) is 0 Å². The molecule has 0 saturated carbocycles. The number of rotatable bonds is 3. The van der Waals surface area contributed by atoms with Crippen LogP contribution in [0.5, 0.6) is 0 Å². The van der Waals surface area contributed by atoms with Gasteiger partial charge in [0.15, 0.2) is 0 Å². The average molecular weight is 306 g/mol. The third-order valence-electron chi connectivity index (χ3n) is 3.48. The minimum absolute atomic E-state index is 0.0199. The van der Waals surface area contributed by atoms with Gasteiger partial charge in [-0.1, -0.05) is 11.6 Å². The van der Waals surface area contributed by atoms with Crippen molar-refractivity contribution >= 4 is 23.4 Å². The largest absolute Gasteiger partial charge is 0.352 e. The summed E-state index contributed by atoms with van der Waals surface area (Å²) >= 11 is 5.81. The minimum Gasteiger partial charge on any atom is -0.352 e. The second kappa shape index (κ2) is 7.09. The van der Waals surface area contributed by atoms with Gasteiger partial charge in [0, 0.05) is 29.7 Å². The number of piperidine rings is 1.